The third-order valence-electron chi connectivity index (χ3n) is 2.73. The van der Waals surface area contributed by atoms with Crippen molar-refractivity contribution in [3.63, 3.8) is 0 Å². The Hall–Kier alpha value is -0.446. The standard InChI is InChI=1S/C14H12BrFNO.Y/c1-3-17-9(2)12(15)6-7-14(17)11-5-4-10(18)8-13(11)16;/h4-6,8,18H,2-3H2,1H3;/q-1;. The SMILES string of the molecule is C=C1C(Br)=C[C-]=C(c2ccc(O)cc2F)N1CC.[Y]. The van der Waals surface area contributed by atoms with Crippen molar-refractivity contribution in [2.24, 2.45) is 0 Å². The van der Waals surface area contributed by atoms with Gasteiger partial charge >= 0.3 is 0 Å². The van der Waals surface area contributed by atoms with E-state index in [0.29, 0.717) is 17.8 Å². The molecule has 0 aromatic heterocycles. The van der Waals surface area contributed by atoms with Crippen LogP contribution < -0.4 is 0 Å². The van der Waals surface area contributed by atoms with Crippen molar-refractivity contribution < 1.29 is 42.2 Å². The van der Waals surface area contributed by atoms with E-state index >= 15 is 0 Å². The number of aromatic hydroxyl groups is 1. The van der Waals surface area contributed by atoms with E-state index in [4.69, 9.17) is 0 Å². The Labute approximate surface area is 145 Å². The topological polar surface area (TPSA) is 23.5 Å². The van der Waals surface area contributed by atoms with Gasteiger partial charge in [-0.05, 0) is 18.7 Å². The minimum atomic E-state index is -0.477. The molecular weight excluding hydrogens is 386 g/mol. The maximum Gasteiger partial charge on any atom is 0.116 e. The summed E-state index contributed by atoms with van der Waals surface area (Å²) in [6.07, 6.45) is 4.75. The van der Waals surface area contributed by atoms with Gasteiger partial charge in [-0.1, -0.05) is 22.3 Å². The summed E-state index contributed by atoms with van der Waals surface area (Å²) in [5.74, 6) is -0.568. The van der Waals surface area contributed by atoms with Gasteiger partial charge in [-0.25, -0.2) is 4.39 Å². The predicted octanol–water partition coefficient (Wildman–Crippen LogP) is 3.80. The first-order valence-electron chi connectivity index (χ1n) is 5.49. The van der Waals surface area contributed by atoms with Crippen LogP contribution in [-0.4, -0.2) is 16.6 Å². The Morgan fingerprint density at radius 3 is 2.74 bits per heavy atom. The van der Waals surface area contributed by atoms with Gasteiger partial charge in [0.25, 0.3) is 0 Å². The molecule has 0 atom stereocenters. The monoisotopic (exact) mass is 397 g/mol. The molecule has 2 nitrogen and oxygen atoms in total. The maximum absolute atomic E-state index is 13.9. The molecule has 0 bridgehead atoms. The number of benzene rings is 1. The van der Waals surface area contributed by atoms with Crippen LogP contribution in [0.25, 0.3) is 5.70 Å². The van der Waals surface area contributed by atoms with Gasteiger partial charge in [-0.2, -0.15) is 12.2 Å². The van der Waals surface area contributed by atoms with Gasteiger partial charge < -0.3 is 10.0 Å². The molecule has 1 aromatic rings. The zero-order valence-corrected chi connectivity index (χ0v) is 14.9. The fourth-order valence-electron chi connectivity index (χ4n) is 1.83. The summed E-state index contributed by atoms with van der Waals surface area (Å²) in [6.45, 7) is 6.56. The van der Waals surface area contributed by atoms with Gasteiger partial charge in [0.05, 0.1) is 5.82 Å². The van der Waals surface area contributed by atoms with Crippen molar-refractivity contribution in [3.05, 3.63) is 58.5 Å². The van der Waals surface area contributed by atoms with E-state index in [1.165, 1.54) is 12.1 Å². The summed E-state index contributed by atoms with van der Waals surface area (Å²) < 4.78 is 14.7. The molecule has 0 aliphatic carbocycles. The van der Waals surface area contributed by atoms with Crippen molar-refractivity contribution in [1.29, 1.82) is 0 Å². The largest absolute Gasteiger partial charge is 0.508 e. The van der Waals surface area contributed by atoms with Crippen molar-refractivity contribution >= 4 is 21.6 Å². The number of allylic oxidation sites excluding steroid dienone is 3. The number of halogens is 2. The molecule has 1 N–H and O–H groups in total. The summed E-state index contributed by atoms with van der Waals surface area (Å²) >= 11 is 3.38. The summed E-state index contributed by atoms with van der Waals surface area (Å²) in [7, 11) is 0. The molecular formula is C14H12BrFNOY-. The summed E-state index contributed by atoms with van der Waals surface area (Å²) in [5, 5.41) is 9.23. The summed E-state index contributed by atoms with van der Waals surface area (Å²) in [4.78, 5) is 1.86. The molecule has 5 heteroatoms. The zero-order chi connectivity index (χ0) is 13.3. The van der Waals surface area contributed by atoms with Crippen molar-refractivity contribution in [3.8, 4) is 5.75 Å². The Balaban J connectivity index is 0.00000180. The van der Waals surface area contributed by atoms with E-state index in [9.17, 15) is 9.50 Å². The van der Waals surface area contributed by atoms with Crippen LogP contribution in [0.15, 0.2) is 41.0 Å². The minimum absolute atomic E-state index is 0. The van der Waals surface area contributed by atoms with Crippen molar-refractivity contribution in [2.75, 3.05) is 6.54 Å². The first kappa shape index (κ1) is 16.6. The number of nitrogens with zero attached hydrogens (tertiary/aromatic N) is 1. The number of likely N-dealkylation sites (N-methyl/N-ethyl adjacent to an activating group) is 1. The van der Waals surface area contributed by atoms with E-state index in [0.717, 1.165) is 16.2 Å². The predicted molar refractivity (Wildman–Crippen MR) is 73.2 cm³/mol. The number of phenols is 1. The second-order valence-electron chi connectivity index (χ2n) is 3.84. The molecule has 19 heavy (non-hydrogen) atoms. The average Bonchev–Trinajstić information content (AvgIpc) is 2.33. The number of hydrogen-bond acceptors (Lipinski definition) is 2. The molecule has 97 valence electrons. The Morgan fingerprint density at radius 2 is 2.16 bits per heavy atom. The number of hydrogen-bond donors (Lipinski definition) is 1. The van der Waals surface area contributed by atoms with Crippen LogP contribution >= 0.6 is 15.9 Å². The second-order valence-corrected chi connectivity index (χ2v) is 4.69. The van der Waals surface area contributed by atoms with Gasteiger partial charge in [0.15, 0.2) is 0 Å². The quantitative estimate of drug-likeness (QED) is 0.767. The fourth-order valence-corrected chi connectivity index (χ4v) is 2.15. The van der Waals surface area contributed by atoms with Gasteiger partial charge in [0, 0.05) is 45.3 Å². The molecule has 0 amide bonds. The molecule has 0 saturated carbocycles. The van der Waals surface area contributed by atoms with E-state index in [-0.39, 0.29) is 38.5 Å². The summed E-state index contributed by atoms with van der Waals surface area (Å²) in [6, 6.07) is 4.08. The van der Waals surface area contributed by atoms with Gasteiger partial charge in [0.1, 0.15) is 5.75 Å². The van der Waals surface area contributed by atoms with Gasteiger partial charge in [0.2, 0.25) is 0 Å². The van der Waals surface area contributed by atoms with Crippen LogP contribution in [0.3, 0.4) is 0 Å². The molecule has 0 fully saturated rings. The number of rotatable bonds is 2. The zero-order valence-electron chi connectivity index (χ0n) is 10.5. The number of phenolic OH excluding ortho intramolecular Hbond substituents is 1. The third kappa shape index (κ3) is 3.36. The molecule has 1 radical (unpaired) electrons. The van der Waals surface area contributed by atoms with E-state index in [1.54, 1.807) is 6.08 Å². The molecule has 1 aliphatic heterocycles. The van der Waals surface area contributed by atoms with Crippen LogP contribution in [0.5, 0.6) is 5.75 Å². The van der Waals surface area contributed by atoms with Gasteiger partial charge in [-0.3, -0.25) is 0 Å². The van der Waals surface area contributed by atoms with Crippen molar-refractivity contribution in [1.82, 2.24) is 4.90 Å². The Kier molecular flexibility index (Phi) is 5.96. The van der Waals surface area contributed by atoms with E-state index in [1.807, 2.05) is 11.8 Å². The smallest absolute Gasteiger partial charge is 0.116 e. The molecule has 0 spiro atoms. The van der Waals surface area contributed by atoms with E-state index < -0.39 is 5.82 Å². The first-order valence-corrected chi connectivity index (χ1v) is 6.28. The molecule has 1 aliphatic rings. The Morgan fingerprint density at radius 1 is 1.47 bits per heavy atom. The molecule has 1 heterocycles. The Bertz CT molecular complexity index is 569. The average molecular weight is 398 g/mol. The van der Waals surface area contributed by atoms with Gasteiger partial charge in [-0.15, -0.1) is 22.0 Å². The van der Waals surface area contributed by atoms with E-state index in [2.05, 4.69) is 28.6 Å². The third-order valence-corrected chi connectivity index (χ3v) is 3.42. The molecule has 1 aromatic carbocycles. The molecule has 0 unspecified atom stereocenters. The van der Waals surface area contributed by atoms with Crippen LogP contribution in [0.2, 0.25) is 0 Å². The van der Waals surface area contributed by atoms with Crippen LogP contribution in [0.1, 0.15) is 12.5 Å². The first-order chi connectivity index (χ1) is 8.54. The minimum Gasteiger partial charge on any atom is -0.508 e. The molecule has 0 saturated heterocycles. The normalized spacial score (nSPS) is 14.7. The second kappa shape index (κ2) is 6.82. The van der Waals surface area contributed by atoms with Crippen LogP contribution in [-0.2, 0) is 32.7 Å². The molecule has 2 rings (SSSR count). The van der Waals surface area contributed by atoms with Crippen LogP contribution in [0, 0.1) is 11.9 Å². The summed E-state index contributed by atoms with van der Waals surface area (Å²) in [5.41, 5.74) is 1.77. The maximum atomic E-state index is 13.9. The van der Waals surface area contributed by atoms with Crippen LogP contribution in [0.4, 0.5) is 4.39 Å². The van der Waals surface area contributed by atoms with Crippen molar-refractivity contribution in [2.45, 2.75) is 6.92 Å². The fraction of sp³-hybridized carbons (Fsp3) is 0.143.